The van der Waals surface area contributed by atoms with E-state index in [4.69, 9.17) is 4.98 Å². The molecule has 1 aliphatic carbocycles. The number of carbonyl (C=O) groups is 1. The lowest BCUT2D eigenvalue weighted by molar-refractivity contribution is -0.120. The van der Waals surface area contributed by atoms with Crippen LogP contribution in [0, 0.1) is 13.8 Å². The molecule has 0 radical (unpaired) electrons. The van der Waals surface area contributed by atoms with Gasteiger partial charge in [-0.3, -0.25) is 14.2 Å². The molecule has 1 atom stereocenters. The average molecular weight is 394 g/mol. The van der Waals surface area contributed by atoms with E-state index in [0.29, 0.717) is 22.1 Å². The minimum atomic E-state index is -0.342. The van der Waals surface area contributed by atoms with Gasteiger partial charge in [0.05, 0.1) is 21.8 Å². The number of nitrogens with zero attached hydrogens (tertiary/aromatic N) is 2. The Kier molecular flexibility index (Phi) is 4.98. The van der Waals surface area contributed by atoms with E-state index in [1.165, 1.54) is 11.8 Å². The molecule has 1 aliphatic rings. The van der Waals surface area contributed by atoms with Crippen molar-refractivity contribution in [2.24, 2.45) is 0 Å². The SMILES string of the molecule is Cc1cc(C)cc(-n2c(S[C@@H](C)C(=O)NC3CC3)nc3ccccc3c2=O)c1. The summed E-state index contributed by atoms with van der Waals surface area (Å²) in [5, 5.41) is 3.79. The van der Waals surface area contributed by atoms with Crippen LogP contribution < -0.4 is 10.9 Å². The summed E-state index contributed by atoms with van der Waals surface area (Å²) in [4.78, 5) is 30.5. The van der Waals surface area contributed by atoms with Crippen LogP contribution in [0.3, 0.4) is 0 Å². The lowest BCUT2D eigenvalue weighted by Gasteiger charge is -2.17. The first kappa shape index (κ1) is 18.7. The van der Waals surface area contributed by atoms with Gasteiger partial charge in [0.1, 0.15) is 0 Å². The second kappa shape index (κ2) is 7.43. The molecular weight excluding hydrogens is 370 g/mol. The fraction of sp³-hybridized carbons (Fsp3) is 0.318. The smallest absolute Gasteiger partial charge is 0.266 e. The summed E-state index contributed by atoms with van der Waals surface area (Å²) in [5.74, 6) is -0.0121. The van der Waals surface area contributed by atoms with Crippen molar-refractivity contribution < 1.29 is 4.79 Å². The minimum absolute atomic E-state index is 0.0121. The summed E-state index contributed by atoms with van der Waals surface area (Å²) in [7, 11) is 0. The van der Waals surface area contributed by atoms with Gasteiger partial charge < -0.3 is 5.32 Å². The van der Waals surface area contributed by atoms with E-state index >= 15 is 0 Å². The highest BCUT2D eigenvalue weighted by molar-refractivity contribution is 8.00. The van der Waals surface area contributed by atoms with E-state index in [0.717, 1.165) is 29.7 Å². The van der Waals surface area contributed by atoms with Crippen molar-refractivity contribution in [3.8, 4) is 5.69 Å². The Balaban J connectivity index is 1.83. The number of thioether (sulfide) groups is 1. The summed E-state index contributed by atoms with van der Waals surface area (Å²) >= 11 is 1.32. The van der Waals surface area contributed by atoms with Crippen LogP contribution >= 0.6 is 11.8 Å². The number of hydrogen-bond donors (Lipinski definition) is 1. The number of para-hydroxylation sites is 1. The molecule has 1 N–H and O–H groups in total. The number of aromatic nitrogens is 2. The lowest BCUT2D eigenvalue weighted by Crippen LogP contribution is -2.33. The van der Waals surface area contributed by atoms with Gasteiger partial charge >= 0.3 is 0 Å². The van der Waals surface area contributed by atoms with Crippen LogP contribution in [0.5, 0.6) is 0 Å². The minimum Gasteiger partial charge on any atom is -0.352 e. The highest BCUT2D eigenvalue weighted by Crippen LogP contribution is 2.27. The number of carbonyl (C=O) groups excluding carboxylic acids is 1. The summed E-state index contributed by atoms with van der Waals surface area (Å²) < 4.78 is 1.63. The number of nitrogens with one attached hydrogen (secondary N) is 1. The quantitative estimate of drug-likeness (QED) is 0.529. The van der Waals surface area contributed by atoms with Gasteiger partial charge in [-0.25, -0.2) is 4.98 Å². The van der Waals surface area contributed by atoms with Gasteiger partial charge in [-0.15, -0.1) is 0 Å². The first-order valence-electron chi connectivity index (χ1n) is 9.50. The van der Waals surface area contributed by atoms with Gasteiger partial charge in [-0.05, 0) is 69.0 Å². The van der Waals surface area contributed by atoms with Gasteiger partial charge in [0.2, 0.25) is 5.91 Å². The third kappa shape index (κ3) is 3.83. The molecule has 3 aromatic rings. The summed E-state index contributed by atoms with van der Waals surface area (Å²) in [6.45, 7) is 5.87. The summed E-state index contributed by atoms with van der Waals surface area (Å²) in [5.41, 5.74) is 3.45. The van der Waals surface area contributed by atoms with Gasteiger partial charge in [-0.2, -0.15) is 0 Å². The van der Waals surface area contributed by atoms with Crippen LogP contribution in [0.1, 0.15) is 30.9 Å². The molecule has 1 aromatic heterocycles. The predicted molar refractivity (Wildman–Crippen MR) is 113 cm³/mol. The first-order chi connectivity index (χ1) is 13.4. The Morgan fingerprint density at radius 2 is 1.86 bits per heavy atom. The van der Waals surface area contributed by atoms with Crippen molar-refractivity contribution >= 4 is 28.6 Å². The largest absolute Gasteiger partial charge is 0.352 e. The Morgan fingerprint density at radius 1 is 1.18 bits per heavy atom. The zero-order valence-corrected chi connectivity index (χ0v) is 17.0. The van der Waals surface area contributed by atoms with Crippen molar-refractivity contribution in [3.05, 3.63) is 63.9 Å². The lowest BCUT2D eigenvalue weighted by atomic mass is 10.1. The van der Waals surface area contributed by atoms with Crippen molar-refractivity contribution in [1.82, 2.24) is 14.9 Å². The van der Waals surface area contributed by atoms with Crippen LogP contribution in [-0.2, 0) is 4.79 Å². The molecule has 6 heteroatoms. The maximum absolute atomic E-state index is 13.3. The maximum atomic E-state index is 13.3. The number of aryl methyl sites for hydroxylation is 2. The first-order valence-corrected chi connectivity index (χ1v) is 10.4. The van der Waals surface area contributed by atoms with E-state index in [1.807, 2.05) is 51.1 Å². The van der Waals surface area contributed by atoms with Gasteiger partial charge in [0.15, 0.2) is 5.16 Å². The molecule has 0 saturated heterocycles. The fourth-order valence-electron chi connectivity index (χ4n) is 3.26. The number of fused-ring (bicyclic) bond motifs is 1. The van der Waals surface area contributed by atoms with E-state index in [9.17, 15) is 9.59 Å². The standard InChI is InChI=1S/C22H23N3O2S/c1-13-10-14(2)12-17(11-13)25-21(27)18-6-4-5-7-19(18)24-22(25)28-15(3)20(26)23-16-8-9-16/h4-7,10-12,15-16H,8-9H2,1-3H3,(H,23,26)/t15-/m0/s1. The highest BCUT2D eigenvalue weighted by Gasteiger charge is 2.27. The zero-order valence-electron chi connectivity index (χ0n) is 16.2. The molecule has 28 heavy (non-hydrogen) atoms. The Labute approximate surface area is 168 Å². The molecule has 1 fully saturated rings. The number of hydrogen-bond acceptors (Lipinski definition) is 4. The average Bonchev–Trinajstić information content (AvgIpc) is 3.45. The van der Waals surface area contributed by atoms with E-state index in [1.54, 1.807) is 10.6 Å². The molecule has 0 unspecified atom stereocenters. The van der Waals surface area contributed by atoms with Gasteiger partial charge in [-0.1, -0.05) is 30.0 Å². The van der Waals surface area contributed by atoms with Crippen LogP contribution in [0.2, 0.25) is 0 Å². The van der Waals surface area contributed by atoms with Crippen LogP contribution in [0.15, 0.2) is 52.4 Å². The summed E-state index contributed by atoms with van der Waals surface area (Å²) in [6.07, 6.45) is 2.09. The zero-order chi connectivity index (χ0) is 19.8. The van der Waals surface area contributed by atoms with Crippen molar-refractivity contribution in [1.29, 1.82) is 0 Å². The molecule has 0 spiro atoms. The fourth-order valence-corrected chi connectivity index (χ4v) is 4.19. The van der Waals surface area contributed by atoms with Gasteiger partial charge in [0, 0.05) is 6.04 Å². The third-order valence-electron chi connectivity index (χ3n) is 4.78. The van der Waals surface area contributed by atoms with E-state index in [-0.39, 0.29) is 16.7 Å². The molecule has 0 bridgehead atoms. The van der Waals surface area contributed by atoms with Crippen LogP contribution in [0.25, 0.3) is 16.6 Å². The molecular formula is C22H23N3O2S. The molecule has 1 heterocycles. The Bertz CT molecular complexity index is 1100. The topological polar surface area (TPSA) is 64.0 Å². The Hall–Kier alpha value is -2.60. The predicted octanol–water partition coefficient (Wildman–Crippen LogP) is 3.76. The second-order valence-electron chi connectivity index (χ2n) is 7.44. The molecule has 4 rings (SSSR count). The molecule has 1 saturated carbocycles. The van der Waals surface area contributed by atoms with E-state index < -0.39 is 0 Å². The van der Waals surface area contributed by atoms with E-state index in [2.05, 4.69) is 11.4 Å². The monoisotopic (exact) mass is 393 g/mol. The van der Waals surface area contributed by atoms with Crippen LogP contribution in [-0.4, -0.2) is 26.8 Å². The second-order valence-corrected chi connectivity index (χ2v) is 8.75. The summed E-state index contributed by atoms with van der Waals surface area (Å²) in [6, 6.07) is 13.7. The Morgan fingerprint density at radius 3 is 2.54 bits per heavy atom. The van der Waals surface area contributed by atoms with Crippen LogP contribution in [0.4, 0.5) is 0 Å². The third-order valence-corrected chi connectivity index (χ3v) is 5.84. The molecule has 144 valence electrons. The van der Waals surface area contributed by atoms with Crippen molar-refractivity contribution in [2.75, 3.05) is 0 Å². The number of rotatable bonds is 5. The van der Waals surface area contributed by atoms with Gasteiger partial charge in [0.25, 0.3) is 5.56 Å². The molecule has 5 nitrogen and oxygen atoms in total. The molecule has 0 aliphatic heterocycles. The number of amides is 1. The maximum Gasteiger partial charge on any atom is 0.266 e. The molecule has 2 aromatic carbocycles. The van der Waals surface area contributed by atoms with Crippen molar-refractivity contribution in [2.45, 2.75) is 50.1 Å². The number of benzene rings is 2. The molecule has 1 amide bonds. The highest BCUT2D eigenvalue weighted by atomic mass is 32.2. The normalized spacial score (nSPS) is 14.8. The van der Waals surface area contributed by atoms with Crippen molar-refractivity contribution in [3.63, 3.8) is 0 Å².